The van der Waals surface area contributed by atoms with Crippen molar-refractivity contribution in [1.29, 1.82) is 0 Å². The number of carbonyl (C=O) groups excluding carboxylic acids is 1. The lowest BCUT2D eigenvalue weighted by atomic mass is 10.1. The number of hydrogen-bond acceptors (Lipinski definition) is 2. The molecule has 1 aromatic carbocycles. The lowest BCUT2D eigenvalue weighted by Crippen LogP contribution is -2.23. The summed E-state index contributed by atoms with van der Waals surface area (Å²) in [5.74, 6) is -0.267. The van der Waals surface area contributed by atoms with Crippen molar-refractivity contribution >= 4 is 16.7 Å². The summed E-state index contributed by atoms with van der Waals surface area (Å²) < 4.78 is 16.0. The number of likely N-dealkylation sites (tertiary alicyclic amines) is 1. The lowest BCUT2D eigenvalue weighted by Gasteiger charge is -2.15. The quantitative estimate of drug-likeness (QED) is 0.801. The molecule has 1 aromatic heterocycles. The molecule has 0 unspecified atom stereocenters. The zero-order valence-corrected chi connectivity index (χ0v) is 11.7. The molecule has 20 heavy (non-hydrogen) atoms. The van der Waals surface area contributed by atoms with E-state index in [4.69, 9.17) is 0 Å². The maximum Gasteiger partial charge on any atom is 0.161 e. The van der Waals surface area contributed by atoms with Crippen LogP contribution in [0.5, 0.6) is 0 Å². The van der Waals surface area contributed by atoms with Crippen LogP contribution in [-0.2, 0) is 6.54 Å². The third-order valence-electron chi connectivity index (χ3n) is 4.08. The third-order valence-corrected chi connectivity index (χ3v) is 4.08. The van der Waals surface area contributed by atoms with E-state index in [0.29, 0.717) is 11.1 Å². The first-order valence-corrected chi connectivity index (χ1v) is 7.17. The summed E-state index contributed by atoms with van der Waals surface area (Å²) in [5.41, 5.74) is 1.16. The minimum atomic E-state index is -0.253. The second-order valence-corrected chi connectivity index (χ2v) is 5.48. The van der Waals surface area contributed by atoms with E-state index in [9.17, 15) is 9.18 Å². The Labute approximate surface area is 118 Å². The van der Waals surface area contributed by atoms with Gasteiger partial charge in [0.25, 0.3) is 0 Å². The van der Waals surface area contributed by atoms with E-state index in [0.717, 1.165) is 31.6 Å². The van der Waals surface area contributed by atoms with Crippen LogP contribution < -0.4 is 0 Å². The molecule has 0 N–H and O–H groups in total. The molecule has 3 nitrogen and oxygen atoms in total. The molecule has 1 saturated heterocycles. The normalized spacial score (nSPS) is 16.1. The van der Waals surface area contributed by atoms with Crippen molar-refractivity contribution in [2.75, 3.05) is 19.6 Å². The van der Waals surface area contributed by atoms with Crippen LogP contribution in [0.4, 0.5) is 4.39 Å². The Balaban J connectivity index is 1.94. The first-order valence-electron chi connectivity index (χ1n) is 7.17. The van der Waals surface area contributed by atoms with Crippen LogP contribution in [0.2, 0.25) is 0 Å². The molecule has 106 valence electrons. The summed E-state index contributed by atoms with van der Waals surface area (Å²) in [7, 11) is 0. The monoisotopic (exact) mass is 274 g/mol. The van der Waals surface area contributed by atoms with Crippen LogP contribution in [0.25, 0.3) is 10.9 Å². The van der Waals surface area contributed by atoms with Crippen molar-refractivity contribution in [3.8, 4) is 0 Å². The van der Waals surface area contributed by atoms with Gasteiger partial charge in [-0.05, 0) is 38.9 Å². The predicted octanol–water partition coefficient (Wildman–Crippen LogP) is 3.08. The number of benzene rings is 1. The SMILES string of the molecule is CC(=O)c1cn(CCN2CCCC2)c2c(F)cccc12. The van der Waals surface area contributed by atoms with Crippen LogP contribution in [0.15, 0.2) is 24.4 Å². The van der Waals surface area contributed by atoms with Gasteiger partial charge in [0.05, 0.1) is 5.52 Å². The number of halogens is 1. The molecule has 1 aliphatic rings. The van der Waals surface area contributed by atoms with Gasteiger partial charge in [-0.2, -0.15) is 0 Å². The van der Waals surface area contributed by atoms with Gasteiger partial charge in [-0.3, -0.25) is 4.79 Å². The standard InChI is InChI=1S/C16H19FN2O/c1-12(20)14-11-19(10-9-18-7-2-3-8-18)16-13(14)5-4-6-15(16)17/h4-6,11H,2-3,7-10H2,1H3. The van der Waals surface area contributed by atoms with Gasteiger partial charge < -0.3 is 9.47 Å². The number of nitrogens with zero attached hydrogens (tertiary/aromatic N) is 2. The molecule has 1 fully saturated rings. The van der Waals surface area contributed by atoms with Gasteiger partial charge in [0.15, 0.2) is 5.78 Å². The number of fused-ring (bicyclic) bond motifs is 1. The van der Waals surface area contributed by atoms with Crippen molar-refractivity contribution in [2.24, 2.45) is 0 Å². The van der Waals surface area contributed by atoms with Gasteiger partial charge in [-0.25, -0.2) is 4.39 Å². The minimum Gasteiger partial charge on any atom is -0.343 e. The van der Waals surface area contributed by atoms with E-state index in [1.165, 1.54) is 25.8 Å². The summed E-state index contributed by atoms with van der Waals surface area (Å²) in [6.45, 7) is 5.42. The Bertz CT molecular complexity index is 641. The Kier molecular flexibility index (Phi) is 3.57. The minimum absolute atomic E-state index is 0.0134. The predicted molar refractivity (Wildman–Crippen MR) is 77.6 cm³/mol. The number of Topliss-reactive ketones (excluding diaryl/α,β-unsaturated/α-hetero) is 1. The number of ketones is 1. The fraction of sp³-hybridized carbons (Fsp3) is 0.438. The van der Waals surface area contributed by atoms with E-state index in [1.54, 1.807) is 12.3 Å². The lowest BCUT2D eigenvalue weighted by molar-refractivity contribution is 0.101. The molecule has 0 atom stereocenters. The van der Waals surface area contributed by atoms with E-state index in [2.05, 4.69) is 4.90 Å². The summed E-state index contributed by atoms with van der Waals surface area (Å²) in [5, 5.41) is 0.721. The van der Waals surface area contributed by atoms with E-state index >= 15 is 0 Å². The Morgan fingerprint density at radius 3 is 2.70 bits per heavy atom. The summed E-state index contributed by atoms with van der Waals surface area (Å²) in [6.07, 6.45) is 4.30. The van der Waals surface area contributed by atoms with Gasteiger partial charge in [0, 0.05) is 30.2 Å². The average Bonchev–Trinajstić information content (AvgIpc) is 3.04. The first-order chi connectivity index (χ1) is 9.66. The zero-order valence-electron chi connectivity index (χ0n) is 11.7. The van der Waals surface area contributed by atoms with Crippen LogP contribution in [-0.4, -0.2) is 34.9 Å². The maximum atomic E-state index is 14.1. The van der Waals surface area contributed by atoms with Gasteiger partial charge in [-0.15, -0.1) is 0 Å². The summed E-state index contributed by atoms with van der Waals surface area (Å²) >= 11 is 0. The number of para-hydroxylation sites is 1. The smallest absolute Gasteiger partial charge is 0.161 e. The molecule has 3 rings (SSSR count). The Morgan fingerprint density at radius 2 is 2.00 bits per heavy atom. The molecule has 0 spiro atoms. The fourth-order valence-corrected chi connectivity index (χ4v) is 3.03. The zero-order chi connectivity index (χ0) is 14.1. The first kappa shape index (κ1) is 13.3. The van der Waals surface area contributed by atoms with Crippen molar-refractivity contribution in [1.82, 2.24) is 9.47 Å². The highest BCUT2D eigenvalue weighted by atomic mass is 19.1. The molecule has 0 saturated carbocycles. The van der Waals surface area contributed by atoms with E-state index in [1.807, 2.05) is 10.6 Å². The van der Waals surface area contributed by atoms with Crippen molar-refractivity contribution in [3.63, 3.8) is 0 Å². The highest BCUT2D eigenvalue weighted by Gasteiger charge is 2.16. The van der Waals surface area contributed by atoms with Gasteiger partial charge in [-0.1, -0.05) is 12.1 Å². The fourth-order valence-electron chi connectivity index (χ4n) is 3.03. The number of hydrogen-bond donors (Lipinski definition) is 0. The number of aromatic nitrogens is 1. The Morgan fingerprint density at radius 1 is 1.25 bits per heavy atom. The van der Waals surface area contributed by atoms with Gasteiger partial charge in [0.1, 0.15) is 5.82 Å². The highest BCUT2D eigenvalue weighted by Crippen LogP contribution is 2.24. The second-order valence-electron chi connectivity index (χ2n) is 5.48. The molecule has 1 aliphatic heterocycles. The van der Waals surface area contributed by atoms with Crippen LogP contribution >= 0.6 is 0 Å². The summed E-state index contributed by atoms with van der Waals surface area (Å²) in [4.78, 5) is 14.1. The van der Waals surface area contributed by atoms with Gasteiger partial charge >= 0.3 is 0 Å². The van der Waals surface area contributed by atoms with Crippen molar-refractivity contribution in [3.05, 3.63) is 35.8 Å². The molecular weight excluding hydrogens is 255 g/mol. The van der Waals surface area contributed by atoms with Crippen molar-refractivity contribution < 1.29 is 9.18 Å². The largest absolute Gasteiger partial charge is 0.343 e. The summed E-state index contributed by atoms with van der Waals surface area (Å²) in [6, 6.07) is 4.94. The topological polar surface area (TPSA) is 25.2 Å². The molecule has 2 heterocycles. The van der Waals surface area contributed by atoms with Gasteiger partial charge in [0.2, 0.25) is 0 Å². The second kappa shape index (κ2) is 5.37. The number of carbonyl (C=O) groups is 1. The highest BCUT2D eigenvalue weighted by molar-refractivity contribution is 6.07. The van der Waals surface area contributed by atoms with Crippen LogP contribution in [0.3, 0.4) is 0 Å². The van der Waals surface area contributed by atoms with E-state index < -0.39 is 0 Å². The molecule has 2 aromatic rings. The molecule has 0 radical (unpaired) electrons. The molecular formula is C16H19FN2O. The third kappa shape index (κ3) is 2.36. The molecule has 4 heteroatoms. The maximum absolute atomic E-state index is 14.1. The van der Waals surface area contributed by atoms with Crippen molar-refractivity contribution in [2.45, 2.75) is 26.3 Å². The molecule has 0 amide bonds. The average molecular weight is 274 g/mol. The van der Waals surface area contributed by atoms with Crippen LogP contribution in [0, 0.1) is 5.82 Å². The number of rotatable bonds is 4. The van der Waals surface area contributed by atoms with Crippen LogP contribution in [0.1, 0.15) is 30.1 Å². The molecule has 0 bridgehead atoms. The molecule has 0 aliphatic carbocycles. The Hall–Kier alpha value is -1.68. The van der Waals surface area contributed by atoms with E-state index in [-0.39, 0.29) is 11.6 Å².